The largest absolute Gasteiger partial charge is 0.377 e. The average Bonchev–Trinajstić information content (AvgIpc) is 2.94. The molecular weight excluding hydrogens is 276 g/mol. The van der Waals surface area contributed by atoms with Crippen LogP contribution < -0.4 is 10.6 Å². The van der Waals surface area contributed by atoms with Crippen molar-refractivity contribution < 1.29 is 9.53 Å². The van der Waals surface area contributed by atoms with Gasteiger partial charge in [0.2, 0.25) is 5.91 Å². The van der Waals surface area contributed by atoms with Gasteiger partial charge >= 0.3 is 0 Å². The lowest BCUT2D eigenvalue weighted by atomic mass is 10.1. The first-order chi connectivity index (χ1) is 9.74. The van der Waals surface area contributed by atoms with Crippen molar-refractivity contribution >= 4 is 17.5 Å². The molecule has 0 aromatic heterocycles. The smallest absolute Gasteiger partial charge is 0.233 e. The number of hydrogen-bond acceptors (Lipinski definition) is 3. The first-order valence-corrected chi connectivity index (χ1v) is 7.45. The van der Waals surface area contributed by atoms with Gasteiger partial charge < -0.3 is 15.4 Å². The molecule has 2 rings (SSSR count). The van der Waals surface area contributed by atoms with E-state index in [9.17, 15) is 4.79 Å². The van der Waals surface area contributed by atoms with Crippen LogP contribution in [0.5, 0.6) is 0 Å². The lowest BCUT2D eigenvalue weighted by molar-refractivity contribution is -0.120. The molecule has 110 valence electrons. The highest BCUT2D eigenvalue weighted by molar-refractivity contribution is 6.30. The Morgan fingerprint density at radius 2 is 2.15 bits per heavy atom. The number of halogens is 1. The summed E-state index contributed by atoms with van der Waals surface area (Å²) in [5.74, 6) is 0.0250. The number of amides is 1. The van der Waals surface area contributed by atoms with Crippen LogP contribution in [0.1, 0.15) is 18.4 Å². The number of nitrogens with one attached hydrogen (secondary N) is 2. The molecule has 1 amide bonds. The summed E-state index contributed by atoms with van der Waals surface area (Å²) < 4.78 is 5.48. The molecule has 2 N–H and O–H groups in total. The van der Waals surface area contributed by atoms with Crippen molar-refractivity contribution in [3.63, 3.8) is 0 Å². The van der Waals surface area contributed by atoms with Gasteiger partial charge in [-0.2, -0.15) is 0 Å². The monoisotopic (exact) mass is 296 g/mol. The van der Waals surface area contributed by atoms with Gasteiger partial charge in [0, 0.05) is 24.7 Å². The van der Waals surface area contributed by atoms with Crippen LogP contribution in [-0.4, -0.2) is 38.3 Å². The molecule has 1 atom stereocenters. The molecule has 1 unspecified atom stereocenters. The summed E-state index contributed by atoms with van der Waals surface area (Å²) in [6, 6.07) is 7.68. The summed E-state index contributed by atoms with van der Waals surface area (Å²) in [7, 11) is 0. The first kappa shape index (κ1) is 15.3. The third kappa shape index (κ3) is 5.49. The van der Waals surface area contributed by atoms with Crippen LogP contribution in [-0.2, 0) is 16.0 Å². The Balaban J connectivity index is 1.54. The third-order valence-electron chi connectivity index (χ3n) is 3.33. The summed E-state index contributed by atoms with van der Waals surface area (Å²) >= 11 is 5.82. The summed E-state index contributed by atoms with van der Waals surface area (Å²) in [5, 5.41) is 6.76. The van der Waals surface area contributed by atoms with E-state index in [1.165, 1.54) is 5.56 Å². The van der Waals surface area contributed by atoms with Crippen molar-refractivity contribution in [3.8, 4) is 0 Å². The molecule has 1 aromatic rings. The van der Waals surface area contributed by atoms with Gasteiger partial charge in [0.15, 0.2) is 0 Å². The van der Waals surface area contributed by atoms with Crippen LogP contribution in [0.25, 0.3) is 0 Å². The number of ether oxygens (including phenoxy) is 1. The fourth-order valence-electron chi connectivity index (χ4n) is 2.21. The molecule has 1 heterocycles. The van der Waals surface area contributed by atoms with Crippen LogP contribution in [0.15, 0.2) is 24.3 Å². The summed E-state index contributed by atoms with van der Waals surface area (Å²) in [6.07, 6.45) is 3.30. The molecule has 5 heteroatoms. The fraction of sp³-hybridized carbons (Fsp3) is 0.533. The van der Waals surface area contributed by atoms with E-state index >= 15 is 0 Å². The van der Waals surface area contributed by atoms with E-state index < -0.39 is 0 Å². The van der Waals surface area contributed by atoms with Gasteiger partial charge in [-0.15, -0.1) is 0 Å². The van der Waals surface area contributed by atoms with Crippen molar-refractivity contribution in [2.45, 2.75) is 25.4 Å². The number of hydrogen-bond donors (Lipinski definition) is 2. The molecule has 20 heavy (non-hydrogen) atoms. The Kier molecular flexibility index (Phi) is 6.30. The van der Waals surface area contributed by atoms with E-state index in [0.29, 0.717) is 13.1 Å². The predicted octanol–water partition coefficient (Wildman–Crippen LogP) is 1.77. The topological polar surface area (TPSA) is 50.4 Å². The molecule has 0 saturated carbocycles. The highest BCUT2D eigenvalue weighted by atomic mass is 35.5. The number of carbonyl (C=O) groups excluding carboxylic acids is 1. The average molecular weight is 297 g/mol. The second-order valence-electron chi connectivity index (χ2n) is 4.99. The third-order valence-corrected chi connectivity index (χ3v) is 3.58. The first-order valence-electron chi connectivity index (χ1n) is 7.07. The molecule has 1 aliphatic heterocycles. The van der Waals surface area contributed by atoms with Crippen LogP contribution in [0.3, 0.4) is 0 Å². The molecule has 1 saturated heterocycles. The van der Waals surface area contributed by atoms with Crippen LogP contribution in [0.2, 0.25) is 5.02 Å². The molecular formula is C15H21ClN2O2. The lowest BCUT2D eigenvalue weighted by Gasteiger charge is -2.10. The minimum Gasteiger partial charge on any atom is -0.377 e. The SMILES string of the molecule is O=C(CNCC1CCCO1)NCCc1ccc(Cl)cc1. The van der Waals surface area contributed by atoms with E-state index in [1.54, 1.807) is 0 Å². The molecule has 0 spiro atoms. The highest BCUT2D eigenvalue weighted by Crippen LogP contribution is 2.10. The Hall–Kier alpha value is -1.10. The molecule has 1 fully saturated rings. The zero-order valence-electron chi connectivity index (χ0n) is 11.5. The molecule has 0 radical (unpaired) electrons. The Bertz CT molecular complexity index is 416. The Morgan fingerprint density at radius 3 is 2.85 bits per heavy atom. The van der Waals surface area contributed by atoms with Crippen LogP contribution in [0.4, 0.5) is 0 Å². The quantitative estimate of drug-likeness (QED) is 0.806. The zero-order chi connectivity index (χ0) is 14.2. The molecule has 1 aliphatic rings. The Morgan fingerprint density at radius 1 is 1.35 bits per heavy atom. The van der Waals surface area contributed by atoms with Gasteiger partial charge in [0.05, 0.1) is 12.6 Å². The number of benzene rings is 1. The summed E-state index contributed by atoms with van der Waals surface area (Å²) in [5.41, 5.74) is 1.17. The zero-order valence-corrected chi connectivity index (χ0v) is 12.3. The minimum atomic E-state index is 0.0250. The van der Waals surface area contributed by atoms with E-state index in [-0.39, 0.29) is 12.0 Å². The van der Waals surface area contributed by atoms with Gasteiger partial charge in [0.25, 0.3) is 0 Å². The van der Waals surface area contributed by atoms with Crippen LogP contribution in [0, 0.1) is 0 Å². The van der Waals surface area contributed by atoms with Crippen molar-refractivity contribution in [2.24, 2.45) is 0 Å². The van der Waals surface area contributed by atoms with Gasteiger partial charge in [0.1, 0.15) is 0 Å². The number of rotatable bonds is 7. The lowest BCUT2D eigenvalue weighted by Crippen LogP contribution is -2.37. The number of carbonyl (C=O) groups is 1. The van der Waals surface area contributed by atoms with Gasteiger partial charge in [-0.1, -0.05) is 23.7 Å². The van der Waals surface area contributed by atoms with E-state index in [2.05, 4.69) is 10.6 Å². The second kappa shape index (κ2) is 8.25. The summed E-state index contributed by atoms with van der Waals surface area (Å²) in [4.78, 5) is 11.6. The van der Waals surface area contributed by atoms with Gasteiger partial charge in [-0.3, -0.25) is 4.79 Å². The molecule has 1 aromatic carbocycles. The molecule has 4 nitrogen and oxygen atoms in total. The second-order valence-corrected chi connectivity index (χ2v) is 5.43. The normalized spacial score (nSPS) is 18.1. The molecule has 0 aliphatic carbocycles. The predicted molar refractivity (Wildman–Crippen MR) is 80.0 cm³/mol. The maximum absolute atomic E-state index is 11.6. The van der Waals surface area contributed by atoms with Gasteiger partial charge in [-0.05, 0) is 37.0 Å². The van der Waals surface area contributed by atoms with Crippen molar-refractivity contribution in [1.29, 1.82) is 0 Å². The standard InChI is InChI=1S/C15H21ClN2O2/c16-13-5-3-12(4-6-13)7-8-18-15(19)11-17-10-14-2-1-9-20-14/h3-6,14,17H,1-2,7-11H2,(H,18,19). The summed E-state index contributed by atoms with van der Waals surface area (Å²) in [6.45, 7) is 2.59. The van der Waals surface area contributed by atoms with Gasteiger partial charge in [-0.25, -0.2) is 0 Å². The van der Waals surface area contributed by atoms with E-state index in [4.69, 9.17) is 16.3 Å². The fourth-order valence-corrected chi connectivity index (χ4v) is 2.34. The molecule has 0 bridgehead atoms. The van der Waals surface area contributed by atoms with Crippen molar-refractivity contribution in [3.05, 3.63) is 34.9 Å². The maximum Gasteiger partial charge on any atom is 0.233 e. The van der Waals surface area contributed by atoms with E-state index in [1.807, 2.05) is 24.3 Å². The highest BCUT2D eigenvalue weighted by Gasteiger charge is 2.14. The Labute approximate surface area is 124 Å². The van der Waals surface area contributed by atoms with Crippen LogP contribution >= 0.6 is 11.6 Å². The van der Waals surface area contributed by atoms with Crippen molar-refractivity contribution in [2.75, 3.05) is 26.2 Å². The van der Waals surface area contributed by atoms with Crippen molar-refractivity contribution in [1.82, 2.24) is 10.6 Å². The van der Waals surface area contributed by atoms with E-state index in [0.717, 1.165) is 37.4 Å². The maximum atomic E-state index is 11.6. The minimum absolute atomic E-state index is 0.0250.